The SMILES string of the molecule is Cc1ccccc1SCCCCCCCCCS. The number of aryl methyl sites for hydroxylation is 1. The first-order valence-electron chi connectivity index (χ1n) is 7.14. The average Bonchev–Trinajstić information content (AvgIpc) is 2.39. The molecule has 0 spiro atoms. The van der Waals surface area contributed by atoms with E-state index in [-0.39, 0.29) is 0 Å². The van der Waals surface area contributed by atoms with E-state index in [1.807, 2.05) is 11.8 Å². The van der Waals surface area contributed by atoms with E-state index in [1.165, 1.54) is 61.2 Å². The van der Waals surface area contributed by atoms with Gasteiger partial charge < -0.3 is 0 Å². The van der Waals surface area contributed by atoms with Crippen molar-refractivity contribution in [1.29, 1.82) is 0 Å². The maximum Gasteiger partial charge on any atom is 0.0101 e. The van der Waals surface area contributed by atoms with Gasteiger partial charge in [0.25, 0.3) is 0 Å². The summed E-state index contributed by atoms with van der Waals surface area (Å²) >= 11 is 6.24. The highest BCUT2D eigenvalue weighted by Crippen LogP contribution is 2.23. The highest BCUT2D eigenvalue weighted by atomic mass is 32.2. The summed E-state index contributed by atoms with van der Waals surface area (Å²) in [6, 6.07) is 8.68. The van der Waals surface area contributed by atoms with Crippen molar-refractivity contribution in [2.24, 2.45) is 0 Å². The Kier molecular flexibility index (Phi) is 9.59. The molecular formula is C16H26S2. The van der Waals surface area contributed by atoms with E-state index >= 15 is 0 Å². The first-order valence-corrected chi connectivity index (χ1v) is 8.75. The molecule has 1 aromatic rings. The molecule has 0 saturated heterocycles. The Labute approximate surface area is 122 Å². The predicted octanol–water partition coefficient (Wildman–Crippen LogP) is 5.75. The van der Waals surface area contributed by atoms with Crippen molar-refractivity contribution < 1.29 is 0 Å². The summed E-state index contributed by atoms with van der Waals surface area (Å²) in [6.07, 6.45) is 9.59. The van der Waals surface area contributed by atoms with Crippen molar-refractivity contribution in [2.45, 2.75) is 56.8 Å². The largest absolute Gasteiger partial charge is 0.179 e. The molecule has 0 heterocycles. The minimum absolute atomic E-state index is 1.05. The standard InChI is InChI=1S/C16H26S2/c1-15-11-7-8-12-16(15)18-14-10-6-4-2-3-5-9-13-17/h7-8,11-12,17H,2-6,9-10,13-14H2,1H3. The lowest BCUT2D eigenvalue weighted by molar-refractivity contribution is 0.605. The van der Waals surface area contributed by atoms with Gasteiger partial charge in [-0.3, -0.25) is 0 Å². The summed E-state index contributed by atoms with van der Waals surface area (Å²) in [5.41, 5.74) is 1.41. The van der Waals surface area contributed by atoms with Crippen LogP contribution in [0, 0.1) is 6.92 Å². The molecular weight excluding hydrogens is 256 g/mol. The second-order valence-electron chi connectivity index (χ2n) is 4.81. The monoisotopic (exact) mass is 282 g/mol. The van der Waals surface area contributed by atoms with E-state index in [1.54, 1.807) is 0 Å². The molecule has 0 nitrogen and oxygen atoms in total. The van der Waals surface area contributed by atoms with Gasteiger partial charge in [0.15, 0.2) is 0 Å². The van der Waals surface area contributed by atoms with Crippen molar-refractivity contribution in [2.75, 3.05) is 11.5 Å². The predicted molar refractivity (Wildman–Crippen MR) is 88.1 cm³/mol. The molecule has 1 aromatic carbocycles. The van der Waals surface area contributed by atoms with Crippen LogP contribution in [0.15, 0.2) is 29.2 Å². The second-order valence-corrected chi connectivity index (χ2v) is 6.40. The molecule has 0 aliphatic heterocycles. The molecule has 0 amide bonds. The summed E-state index contributed by atoms with van der Waals surface area (Å²) in [5.74, 6) is 2.31. The molecule has 0 fully saturated rings. The fourth-order valence-corrected chi connectivity index (χ4v) is 3.26. The number of hydrogen-bond acceptors (Lipinski definition) is 2. The van der Waals surface area contributed by atoms with E-state index < -0.39 is 0 Å². The Morgan fingerprint density at radius 1 is 0.889 bits per heavy atom. The molecule has 1 rings (SSSR count). The quantitative estimate of drug-likeness (QED) is 0.324. The van der Waals surface area contributed by atoms with Crippen molar-refractivity contribution in [3.05, 3.63) is 29.8 Å². The van der Waals surface area contributed by atoms with Crippen LogP contribution in [0.2, 0.25) is 0 Å². The molecule has 0 aromatic heterocycles. The van der Waals surface area contributed by atoms with Crippen LogP contribution < -0.4 is 0 Å². The summed E-state index contributed by atoms with van der Waals surface area (Å²) in [6.45, 7) is 2.20. The Morgan fingerprint density at radius 3 is 2.17 bits per heavy atom. The maximum atomic E-state index is 4.23. The van der Waals surface area contributed by atoms with Gasteiger partial charge in [0, 0.05) is 4.90 Å². The molecule has 0 aliphatic carbocycles. The Morgan fingerprint density at radius 2 is 1.50 bits per heavy atom. The molecule has 18 heavy (non-hydrogen) atoms. The third-order valence-electron chi connectivity index (χ3n) is 3.15. The molecule has 2 heteroatoms. The Balaban J connectivity index is 1.94. The van der Waals surface area contributed by atoms with Gasteiger partial charge in [-0.1, -0.05) is 50.3 Å². The normalized spacial score (nSPS) is 10.8. The average molecular weight is 283 g/mol. The lowest BCUT2D eigenvalue weighted by atomic mass is 10.1. The van der Waals surface area contributed by atoms with Gasteiger partial charge in [-0.2, -0.15) is 12.6 Å². The van der Waals surface area contributed by atoms with Crippen LogP contribution in [0.3, 0.4) is 0 Å². The van der Waals surface area contributed by atoms with Gasteiger partial charge in [0.1, 0.15) is 0 Å². The molecule has 0 unspecified atom stereocenters. The van der Waals surface area contributed by atoms with E-state index in [9.17, 15) is 0 Å². The highest BCUT2D eigenvalue weighted by molar-refractivity contribution is 7.99. The second kappa shape index (κ2) is 10.8. The minimum Gasteiger partial charge on any atom is -0.179 e. The lowest BCUT2D eigenvalue weighted by Gasteiger charge is -2.05. The van der Waals surface area contributed by atoms with Gasteiger partial charge in [0.2, 0.25) is 0 Å². The number of unbranched alkanes of at least 4 members (excludes halogenated alkanes) is 6. The third kappa shape index (κ3) is 7.38. The molecule has 0 saturated carbocycles. The van der Waals surface area contributed by atoms with Crippen LogP contribution in [0.25, 0.3) is 0 Å². The van der Waals surface area contributed by atoms with Crippen LogP contribution in [-0.2, 0) is 0 Å². The minimum atomic E-state index is 1.05. The summed E-state index contributed by atoms with van der Waals surface area (Å²) < 4.78 is 0. The Hall–Kier alpha value is -0.0800. The lowest BCUT2D eigenvalue weighted by Crippen LogP contribution is -1.85. The third-order valence-corrected chi connectivity index (χ3v) is 4.73. The van der Waals surface area contributed by atoms with Crippen LogP contribution in [0.5, 0.6) is 0 Å². The smallest absolute Gasteiger partial charge is 0.0101 e. The zero-order chi connectivity index (χ0) is 13.1. The van der Waals surface area contributed by atoms with Crippen LogP contribution in [0.4, 0.5) is 0 Å². The van der Waals surface area contributed by atoms with Crippen molar-refractivity contribution in [3.8, 4) is 0 Å². The fourth-order valence-electron chi connectivity index (χ4n) is 2.00. The first-order chi connectivity index (χ1) is 8.84. The van der Waals surface area contributed by atoms with Crippen LogP contribution in [-0.4, -0.2) is 11.5 Å². The topological polar surface area (TPSA) is 0 Å². The zero-order valence-electron chi connectivity index (χ0n) is 11.5. The van der Waals surface area contributed by atoms with Gasteiger partial charge in [-0.05, 0) is 42.9 Å². The fraction of sp³-hybridized carbons (Fsp3) is 0.625. The summed E-state index contributed by atoms with van der Waals surface area (Å²) in [4.78, 5) is 1.45. The zero-order valence-corrected chi connectivity index (χ0v) is 13.2. The number of benzene rings is 1. The molecule has 0 atom stereocenters. The van der Waals surface area contributed by atoms with Crippen molar-refractivity contribution >= 4 is 24.4 Å². The van der Waals surface area contributed by atoms with Crippen LogP contribution >= 0.6 is 24.4 Å². The first kappa shape index (κ1) is 16.0. The van der Waals surface area contributed by atoms with Gasteiger partial charge in [-0.25, -0.2) is 0 Å². The molecule has 0 bridgehead atoms. The number of thiol groups is 1. The molecule has 0 N–H and O–H groups in total. The summed E-state index contributed by atoms with van der Waals surface area (Å²) in [7, 11) is 0. The number of thioether (sulfide) groups is 1. The van der Waals surface area contributed by atoms with Gasteiger partial charge in [0.05, 0.1) is 0 Å². The van der Waals surface area contributed by atoms with Gasteiger partial charge >= 0.3 is 0 Å². The molecule has 102 valence electrons. The van der Waals surface area contributed by atoms with Crippen molar-refractivity contribution in [3.63, 3.8) is 0 Å². The van der Waals surface area contributed by atoms with Gasteiger partial charge in [-0.15, -0.1) is 11.8 Å². The van der Waals surface area contributed by atoms with E-state index in [0.29, 0.717) is 0 Å². The number of rotatable bonds is 10. The Bertz CT molecular complexity index is 310. The van der Waals surface area contributed by atoms with E-state index in [0.717, 1.165) is 5.75 Å². The maximum absolute atomic E-state index is 4.23. The highest BCUT2D eigenvalue weighted by Gasteiger charge is 1.97. The molecule has 0 radical (unpaired) electrons. The number of hydrogen-bond donors (Lipinski definition) is 1. The van der Waals surface area contributed by atoms with E-state index in [2.05, 4.69) is 43.8 Å². The van der Waals surface area contributed by atoms with Crippen molar-refractivity contribution in [1.82, 2.24) is 0 Å². The van der Waals surface area contributed by atoms with E-state index in [4.69, 9.17) is 0 Å². The van der Waals surface area contributed by atoms with Crippen LogP contribution in [0.1, 0.15) is 50.5 Å². The summed E-state index contributed by atoms with van der Waals surface area (Å²) in [5, 5.41) is 0. The molecule has 0 aliphatic rings.